The molecule has 4 rings (SSSR count). The Kier molecular flexibility index (Phi) is 4.25. The van der Waals surface area contributed by atoms with Crippen LogP contribution >= 0.6 is 34.5 Å². The molecule has 2 aromatic carbocycles. The summed E-state index contributed by atoms with van der Waals surface area (Å²) in [7, 11) is 0. The van der Waals surface area contributed by atoms with E-state index in [-0.39, 0.29) is 12.7 Å². The minimum Gasteiger partial charge on any atom is -0.454 e. The lowest BCUT2D eigenvalue weighted by atomic mass is 10.2. The van der Waals surface area contributed by atoms with Crippen LogP contribution in [0.5, 0.6) is 11.5 Å². The van der Waals surface area contributed by atoms with Gasteiger partial charge in [0.25, 0.3) is 5.91 Å². The molecule has 126 valence electrons. The molecule has 2 heterocycles. The normalized spacial score (nSPS) is 12.2. The first-order chi connectivity index (χ1) is 12.1. The van der Waals surface area contributed by atoms with Crippen molar-refractivity contribution in [3.8, 4) is 22.8 Å². The standard InChI is InChI=1S/C17H10Cl2N2O3S/c18-10-2-3-12(19)11(6-10)13-7-25-17(20-13)21-16(22)9-1-4-14-15(5-9)24-8-23-14/h1-7H,8H2,(H,20,21,22). The molecule has 0 bridgehead atoms. The van der Waals surface area contributed by atoms with E-state index in [4.69, 9.17) is 32.7 Å². The molecule has 0 unspecified atom stereocenters. The van der Waals surface area contributed by atoms with E-state index >= 15 is 0 Å². The van der Waals surface area contributed by atoms with Gasteiger partial charge in [0.1, 0.15) is 0 Å². The molecule has 8 heteroatoms. The van der Waals surface area contributed by atoms with Crippen molar-refractivity contribution in [2.75, 3.05) is 12.1 Å². The first-order valence-corrected chi connectivity index (χ1v) is 8.86. The maximum Gasteiger partial charge on any atom is 0.257 e. The summed E-state index contributed by atoms with van der Waals surface area (Å²) in [5.74, 6) is 0.901. The number of anilines is 1. The number of nitrogens with one attached hydrogen (secondary N) is 1. The van der Waals surface area contributed by atoms with E-state index in [0.717, 1.165) is 0 Å². The van der Waals surface area contributed by atoms with Gasteiger partial charge in [-0.05, 0) is 36.4 Å². The molecule has 0 fully saturated rings. The lowest BCUT2D eigenvalue weighted by Crippen LogP contribution is -2.11. The second-order valence-electron chi connectivity index (χ2n) is 5.18. The van der Waals surface area contributed by atoms with Crippen molar-refractivity contribution in [3.05, 3.63) is 57.4 Å². The summed E-state index contributed by atoms with van der Waals surface area (Å²) in [5.41, 5.74) is 1.83. The first kappa shape index (κ1) is 16.2. The van der Waals surface area contributed by atoms with Gasteiger partial charge < -0.3 is 9.47 Å². The van der Waals surface area contributed by atoms with Gasteiger partial charge in [-0.1, -0.05) is 23.2 Å². The van der Waals surface area contributed by atoms with Crippen LogP contribution in [0.4, 0.5) is 5.13 Å². The first-order valence-electron chi connectivity index (χ1n) is 7.22. The number of hydrogen-bond donors (Lipinski definition) is 1. The van der Waals surface area contributed by atoms with Gasteiger partial charge in [-0.3, -0.25) is 10.1 Å². The molecule has 0 saturated heterocycles. The van der Waals surface area contributed by atoms with Gasteiger partial charge in [-0.2, -0.15) is 0 Å². The number of amides is 1. The van der Waals surface area contributed by atoms with Crippen molar-refractivity contribution in [3.63, 3.8) is 0 Å². The number of hydrogen-bond acceptors (Lipinski definition) is 5. The predicted octanol–water partition coefficient (Wildman–Crippen LogP) is 5.10. The minimum atomic E-state index is -0.281. The molecule has 0 atom stereocenters. The van der Waals surface area contributed by atoms with Crippen LogP contribution in [0.1, 0.15) is 10.4 Å². The van der Waals surface area contributed by atoms with Crippen LogP contribution in [0.15, 0.2) is 41.8 Å². The molecule has 1 N–H and O–H groups in total. The van der Waals surface area contributed by atoms with Crippen molar-refractivity contribution in [2.45, 2.75) is 0 Å². The Morgan fingerprint density at radius 3 is 2.84 bits per heavy atom. The Morgan fingerprint density at radius 1 is 1.12 bits per heavy atom. The number of aromatic nitrogens is 1. The van der Waals surface area contributed by atoms with Crippen LogP contribution < -0.4 is 14.8 Å². The van der Waals surface area contributed by atoms with E-state index in [9.17, 15) is 4.79 Å². The molecule has 1 aromatic heterocycles. The number of carbonyl (C=O) groups is 1. The molecule has 1 aliphatic heterocycles. The summed E-state index contributed by atoms with van der Waals surface area (Å²) in [6, 6.07) is 10.2. The van der Waals surface area contributed by atoms with Crippen LogP contribution in [0, 0.1) is 0 Å². The van der Waals surface area contributed by atoms with E-state index in [0.29, 0.717) is 43.5 Å². The zero-order valence-corrected chi connectivity index (χ0v) is 14.9. The molecular weight excluding hydrogens is 383 g/mol. The molecule has 0 radical (unpaired) electrons. The van der Waals surface area contributed by atoms with E-state index in [1.807, 2.05) is 5.38 Å². The van der Waals surface area contributed by atoms with Gasteiger partial charge in [-0.15, -0.1) is 11.3 Å². The van der Waals surface area contributed by atoms with Gasteiger partial charge in [-0.25, -0.2) is 4.98 Å². The molecule has 1 amide bonds. The predicted molar refractivity (Wildman–Crippen MR) is 98.1 cm³/mol. The molecule has 5 nitrogen and oxygen atoms in total. The Hall–Kier alpha value is -2.28. The minimum absolute atomic E-state index is 0.163. The van der Waals surface area contributed by atoms with Gasteiger partial charge >= 0.3 is 0 Å². The number of rotatable bonds is 3. The summed E-state index contributed by atoms with van der Waals surface area (Å²) in [6.07, 6.45) is 0. The molecule has 0 saturated carbocycles. The second kappa shape index (κ2) is 6.55. The number of halogens is 2. The fourth-order valence-corrected chi connectivity index (χ4v) is 3.45. The topological polar surface area (TPSA) is 60.5 Å². The molecule has 25 heavy (non-hydrogen) atoms. The van der Waals surface area contributed by atoms with Crippen LogP contribution in [-0.2, 0) is 0 Å². The Balaban J connectivity index is 1.55. The van der Waals surface area contributed by atoms with Gasteiger partial charge in [0.05, 0.1) is 10.7 Å². The molecule has 1 aliphatic rings. The average molecular weight is 393 g/mol. The van der Waals surface area contributed by atoms with Gasteiger partial charge in [0, 0.05) is 21.5 Å². The van der Waals surface area contributed by atoms with Crippen LogP contribution in [-0.4, -0.2) is 17.7 Å². The zero-order valence-electron chi connectivity index (χ0n) is 12.6. The molecule has 0 aliphatic carbocycles. The number of benzene rings is 2. The number of carbonyl (C=O) groups excluding carboxylic acids is 1. The monoisotopic (exact) mass is 392 g/mol. The number of fused-ring (bicyclic) bond motifs is 1. The summed E-state index contributed by atoms with van der Waals surface area (Å²) in [4.78, 5) is 16.8. The quantitative estimate of drug-likeness (QED) is 0.673. The third-order valence-corrected chi connectivity index (χ3v) is 4.89. The van der Waals surface area contributed by atoms with E-state index in [1.165, 1.54) is 11.3 Å². The van der Waals surface area contributed by atoms with Crippen LogP contribution in [0.3, 0.4) is 0 Å². The third-order valence-electron chi connectivity index (χ3n) is 3.56. The van der Waals surface area contributed by atoms with E-state index in [1.54, 1.807) is 36.4 Å². The summed E-state index contributed by atoms with van der Waals surface area (Å²) >= 11 is 13.5. The lowest BCUT2D eigenvalue weighted by molar-refractivity contribution is 0.102. The number of nitrogens with zero attached hydrogens (tertiary/aromatic N) is 1. The van der Waals surface area contributed by atoms with Crippen molar-refractivity contribution < 1.29 is 14.3 Å². The Bertz CT molecular complexity index is 974. The highest BCUT2D eigenvalue weighted by molar-refractivity contribution is 7.14. The van der Waals surface area contributed by atoms with Gasteiger partial charge in [0.2, 0.25) is 6.79 Å². The van der Waals surface area contributed by atoms with Crippen molar-refractivity contribution in [1.29, 1.82) is 0 Å². The summed E-state index contributed by atoms with van der Waals surface area (Å²) in [6.45, 7) is 0.163. The van der Waals surface area contributed by atoms with Crippen molar-refractivity contribution in [1.82, 2.24) is 4.98 Å². The lowest BCUT2D eigenvalue weighted by Gasteiger charge is -2.03. The maximum atomic E-state index is 12.4. The summed E-state index contributed by atoms with van der Waals surface area (Å²) in [5, 5.41) is 6.16. The maximum absolute atomic E-state index is 12.4. The van der Waals surface area contributed by atoms with Crippen molar-refractivity contribution >= 4 is 45.6 Å². The molecular formula is C17H10Cl2N2O3S. The van der Waals surface area contributed by atoms with Crippen LogP contribution in [0.2, 0.25) is 10.0 Å². The summed E-state index contributed by atoms with van der Waals surface area (Å²) < 4.78 is 10.5. The largest absolute Gasteiger partial charge is 0.454 e. The highest BCUT2D eigenvalue weighted by Crippen LogP contribution is 2.34. The fourth-order valence-electron chi connectivity index (χ4n) is 2.36. The highest BCUT2D eigenvalue weighted by atomic mass is 35.5. The molecule has 3 aromatic rings. The van der Waals surface area contributed by atoms with E-state index in [2.05, 4.69) is 10.3 Å². The number of thiazole rings is 1. The zero-order chi connectivity index (χ0) is 17.4. The number of ether oxygens (including phenoxy) is 2. The Labute approximate surface area is 157 Å². The van der Waals surface area contributed by atoms with E-state index < -0.39 is 0 Å². The fraction of sp³-hybridized carbons (Fsp3) is 0.0588. The van der Waals surface area contributed by atoms with Crippen LogP contribution in [0.25, 0.3) is 11.3 Å². The van der Waals surface area contributed by atoms with Gasteiger partial charge in [0.15, 0.2) is 16.6 Å². The Morgan fingerprint density at radius 2 is 1.96 bits per heavy atom. The molecule has 0 spiro atoms. The third kappa shape index (κ3) is 3.28. The SMILES string of the molecule is O=C(Nc1nc(-c2cc(Cl)ccc2Cl)cs1)c1ccc2c(c1)OCO2. The smallest absolute Gasteiger partial charge is 0.257 e. The average Bonchev–Trinajstić information content (AvgIpc) is 3.25. The van der Waals surface area contributed by atoms with Crippen molar-refractivity contribution in [2.24, 2.45) is 0 Å². The second-order valence-corrected chi connectivity index (χ2v) is 6.89. The highest BCUT2D eigenvalue weighted by Gasteiger charge is 2.17.